The summed E-state index contributed by atoms with van der Waals surface area (Å²) < 4.78 is 26.7. The lowest BCUT2D eigenvalue weighted by atomic mass is 9.86. The average molecular weight is 464 g/mol. The molecule has 2 saturated heterocycles. The highest BCUT2D eigenvalue weighted by Gasteiger charge is 2.30. The lowest BCUT2D eigenvalue weighted by Gasteiger charge is -2.43. The maximum atomic E-state index is 13.7. The number of nitrogens with one attached hydrogen (secondary N) is 1. The monoisotopic (exact) mass is 463 g/mol. The van der Waals surface area contributed by atoms with Gasteiger partial charge >= 0.3 is 0 Å². The molecule has 174 valence electrons. The van der Waals surface area contributed by atoms with Crippen LogP contribution in [-0.2, 0) is 6.54 Å². The molecule has 2 aromatic rings. The second-order valence-electron chi connectivity index (χ2n) is 9.13. The molecule has 2 aromatic heterocycles. The van der Waals surface area contributed by atoms with Gasteiger partial charge in [0.05, 0.1) is 24.6 Å². The fourth-order valence-electron chi connectivity index (χ4n) is 4.68. The lowest BCUT2D eigenvalue weighted by molar-refractivity contribution is 0.0890. The van der Waals surface area contributed by atoms with Gasteiger partial charge in [0.15, 0.2) is 5.13 Å². The molecule has 4 rings (SSSR count). The summed E-state index contributed by atoms with van der Waals surface area (Å²) in [6.07, 6.45) is 7.37. The standard InChI is InChI=1S/C23H31F2N5OS/c1-15(2)16-4-3-7-30(14-16)18-5-8-29(9-6-18)23-28-13-21(32-23)22(31)27-12-20-19(25)10-17(24)11-26-20/h10-11,13,15-16,18H,3-9,12,14H2,1-2H3,(H,27,31). The van der Waals surface area contributed by atoms with Crippen molar-refractivity contribution in [2.45, 2.75) is 52.1 Å². The lowest BCUT2D eigenvalue weighted by Crippen LogP contribution is -2.49. The minimum Gasteiger partial charge on any atom is -0.348 e. The van der Waals surface area contributed by atoms with Crippen molar-refractivity contribution in [1.29, 1.82) is 0 Å². The quantitative estimate of drug-likeness (QED) is 0.700. The number of aromatic nitrogens is 2. The van der Waals surface area contributed by atoms with Crippen LogP contribution in [0.1, 0.15) is 54.9 Å². The van der Waals surface area contributed by atoms with Crippen LogP contribution in [0.2, 0.25) is 0 Å². The van der Waals surface area contributed by atoms with E-state index in [0.717, 1.165) is 55.2 Å². The van der Waals surface area contributed by atoms with Crippen molar-refractivity contribution in [2.75, 3.05) is 31.1 Å². The molecule has 4 heterocycles. The molecule has 2 aliphatic heterocycles. The number of hydrogen-bond donors (Lipinski definition) is 1. The van der Waals surface area contributed by atoms with Crippen LogP contribution < -0.4 is 10.2 Å². The second-order valence-corrected chi connectivity index (χ2v) is 10.1. The minimum absolute atomic E-state index is 0.00368. The Hall–Kier alpha value is -2.13. The molecule has 0 saturated carbocycles. The smallest absolute Gasteiger partial charge is 0.263 e. The molecule has 9 heteroatoms. The number of carbonyl (C=O) groups excluding carboxylic acids is 1. The van der Waals surface area contributed by atoms with E-state index < -0.39 is 11.6 Å². The van der Waals surface area contributed by atoms with E-state index in [1.165, 1.54) is 37.3 Å². The Labute approximate surface area is 192 Å². The summed E-state index contributed by atoms with van der Waals surface area (Å²) in [6.45, 7) is 8.86. The largest absolute Gasteiger partial charge is 0.348 e. The molecule has 0 aliphatic carbocycles. The van der Waals surface area contributed by atoms with Crippen LogP contribution in [0.25, 0.3) is 0 Å². The van der Waals surface area contributed by atoms with Gasteiger partial charge in [0.2, 0.25) is 0 Å². The van der Waals surface area contributed by atoms with E-state index in [4.69, 9.17) is 0 Å². The highest BCUT2D eigenvalue weighted by Crippen LogP contribution is 2.30. The van der Waals surface area contributed by atoms with Crippen molar-refractivity contribution in [3.05, 3.63) is 40.7 Å². The predicted molar refractivity (Wildman–Crippen MR) is 122 cm³/mol. The first-order chi connectivity index (χ1) is 15.4. The summed E-state index contributed by atoms with van der Waals surface area (Å²) in [7, 11) is 0. The van der Waals surface area contributed by atoms with Crippen molar-refractivity contribution < 1.29 is 13.6 Å². The second kappa shape index (κ2) is 10.2. The Morgan fingerprint density at radius 1 is 1.19 bits per heavy atom. The normalized spacial score (nSPS) is 20.7. The van der Waals surface area contributed by atoms with Crippen LogP contribution in [0, 0.1) is 23.5 Å². The third-order valence-electron chi connectivity index (χ3n) is 6.70. The Bertz CT molecular complexity index is 929. The van der Waals surface area contributed by atoms with Crippen LogP contribution in [0.15, 0.2) is 18.5 Å². The van der Waals surface area contributed by atoms with Crippen molar-refractivity contribution >= 4 is 22.4 Å². The number of halogens is 2. The van der Waals surface area contributed by atoms with Gasteiger partial charge in [-0.3, -0.25) is 14.7 Å². The van der Waals surface area contributed by atoms with E-state index >= 15 is 0 Å². The molecule has 2 fully saturated rings. The number of piperidine rings is 2. The van der Waals surface area contributed by atoms with Gasteiger partial charge in [-0.2, -0.15) is 0 Å². The third-order valence-corrected chi connectivity index (χ3v) is 7.76. The van der Waals surface area contributed by atoms with Gasteiger partial charge in [-0.15, -0.1) is 0 Å². The third kappa shape index (κ3) is 5.43. The van der Waals surface area contributed by atoms with Gasteiger partial charge in [0.25, 0.3) is 5.91 Å². The van der Waals surface area contributed by atoms with Crippen LogP contribution in [-0.4, -0.2) is 53.0 Å². The number of anilines is 1. The molecular formula is C23H31F2N5OS. The number of hydrogen-bond acceptors (Lipinski definition) is 6. The minimum atomic E-state index is -0.772. The fourth-order valence-corrected chi connectivity index (χ4v) is 5.56. The summed E-state index contributed by atoms with van der Waals surface area (Å²) in [5, 5.41) is 3.48. The van der Waals surface area contributed by atoms with Crippen LogP contribution >= 0.6 is 11.3 Å². The molecular weight excluding hydrogens is 432 g/mol. The number of nitrogens with zero attached hydrogens (tertiary/aromatic N) is 4. The van der Waals surface area contributed by atoms with E-state index in [2.05, 4.69) is 38.9 Å². The molecule has 0 radical (unpaired) electrons. The Balaban J connectivity index is 1.28. The predicted octanol–water partition coefficient (Wildman–Crippen LogP) is 4.08. The highest BCUT2D eigenvalue weighted by atomic mass is 32.1. The van der Waals surface area contributed by atoms with E-state index in [-0.39, 0.29) is 18.1 Å². The zero-order valence-electron chi connectivity index (χ0n) is 18.7. The van der Waals surface area contributed by atoms with E-state index in [0.29, 0.717) is 10.9 Å². The molecule has 1 atom stereocenters. The SMILES string of the molecule is CC(C)C1CCCN(C2CCN(c3ncc(C(=O)NCc4ncc(F)cc4F)s3)CC2)C1. The van der Waals surface area contributed by atoms with E-state index in [1.807, 2.05) is 0 Å². The highest BCUT2D eigenvalue weighted by molar-refractivity contribution is 7.17. The number of amides is 1. The van der Waals surface area contributed by atoms with E-state index in [1.54, 1.807) is 6.20 Å². The Morgan fingerprint density at radius 2 is 1.97 bits per heavy atom. The van der Waals surface area contributed by atoms with Crippen LogP contribution in [0.5, 0.6) is 0 Å². The number of pyridine rings is 1. The zero-order valence-corrected chi connectivity index (χ0v) is 19.5. The van der Waals surface area contributed by atoms with Crippen molar-refractivity contribution in [2.24, 2.45) is 11.8 Å². The summed E-state index contributed by atoms with van der Waals surface area (Å²) in [5.74, 6) is -0.296. The number of carbonyl (C=O) groups is 1. The number of likely N-dealkylation sites (tertiary alicyclic amines) is 1. The summed E-state index contributed by atoms with van der Waals surface area (Å²) in [4.78, 5) is 26.0. The summed E-state index contributed by atoms with van der Waals surface area (Å²) in [5.41, 5.74) is 0.00368. The molecule has 1 amide bonds. The molecule has 1 N–H and O–H groups in total. The maximum Gasteiger partial charge on any atom is 0.263 e. The maximum absolute atomic E-state index is 13.7. The van der Waals surface area contributed by atoms with Crippen LogP contribution in [0.4, 0.5) is 13.9 Å². The molecule has 32 heavy (non-hydrogen) atoms. The fraction of sp³-hybridized carbons (Fsp3) is 0.609. The molecule has 2 aliphatic rings. The van der Waals surface area contributed by atoms with Crippen molar-refractivity contribution in [3.63, 3.8) is 0 Å². The van der Waals surface area contributed by atoms with Gasteiger partial charge < -0.3 is 10.2 Å². The first-order valence-electron chi connectivity index (χ1n) is 11.4. The molecule has 0 aromatic carbocycles. The van der Waals surface area contributed by atoms with Gasteiger partial charge in [0, 0.05) is 31.7 Å². The first-order valence-corrected chi connectivity index (χ1v) is 12.2. The average Bonchev–Trinajstić information content (AvgIpc) is 3.29. The molecule has 1 unspecified atom stereocenters. The molecule has 0 spiro atoms. The van der Waals surface area contributed by atoms with Crippen molar-refractivity contribution in [1.82, 2.24) is 20.2 Å². The molecule has 0 bridgehead atoms. The Kier molecular flexibility index (Phi) is 7.35. The first kappa shape index (κ1) is 23.0. The van der Waals surface area contributed by atoms with Crippen molar-refractivity contribution in [3.8, 4) is 0 Å². The van der Waals surface area contributed by atoms with Crippen LogP contribution in [0.3, 0.4) is 0 Å². The van der Waals surface area contributed by atoms with Gasteiger partial charge in [-0.05, 0) is 44.1 Å². The Morgan fingerprint density at radius 3 is 2.69 bits per heavy atom. The van der Waals surface area contributed by atoms with Gasteiger partial charge in [0.1, 0.15) is 16.5 Å². The molecule has 6 nitrogen and oxygen atoms in total. The van der Waals surface area contributed by atoms with Gasteiger partial charge in [-0.1, -0.05) is 25.2 Å². The summed E-state index contributed by atoms with van der Waals surface area (Å²) >= 11 is 1.35. The van der Waals surface area contributed by atoms with E-state index in [9.17, 15) is 13.6 Å². The number of rotatable bonds is 6. The van der Waals surface area contributed by atoms with Gasteiger partial charge in [-0.25, -0.2) is 13.8 Å². The zero-order chi connectivity index (χ0) is 22.7. The number of thiazole rings is 1. The topological polar surface area (TPSA) is 61.4 Å². The summed E-state index contributed by atoms with van der Waals surface area (Å²) in [6, 6.07) is 1.39.